The molecule has 1 aliphatic rings. The summed E-state index contributed by atoms with van der Waals surface area (Å²) in [5.74, 6) is 0. The Hall–Kier alpha value is -0.120. The maximum Gasteiger partial charge on any atom is 0.108 e. The van der Waals surface area contributed by atoms with Gasteiger partial charge < -0.3 is 9.84 Å². The zero-order valence-corrected chi connectivity index (χ0v) is 7.50. The van der Waals surface area contributed by atoms with Gasteiger partial charge in [-0.2, -0.15) is 0 Å². The molecular formula is C8H17NO2. The maximum absolute atomic E-state index is 8.78. The van der Waals surface area contributed by atoms with Crippen molar-refractivity contribution in [2.45, 2.75) is 32.5 Å². The van der Waals surface area contributed by atoms with Crippen LogP contribution in [0.25, 0.3) is 0 Å². The van der Waals surface area contributed by atoms with Crippen molar-refractivity contribution in [2.75, 3.05) is 19.8 Å². The highest BCUT2D eigenvalue weighted by molar-refractivity contribution is 4.87. The lowest BCUT2D eigenvalue weighted by molar-refractivity contribution is 0.0301. The second-order valence-electron chi connectivity index (χ2n) is 3.64. The molecular weight excluding hydrogens is 142 g/mol. The highest BCUT2D eigenvalue weighted by Gasteiger charge is 2.37. The lowest BCUT2D eigenvalue weighted by atomic mass is 10.1. The van der Waals surface area contributed by atoms with E-state index in [0.29, 0.717) is 6.54 Å². The summed E-state index contributed by atoms with van der Waals surface area (Å²) in [7, 11) is 0. The SMILES string of the molecule is CC1OCC(C)(C)N1CCO. The van der Waals surface area contributed by atoms with Crippen LogP contribution in [-0.4, -0.2) is 41.5 Å². The van der Waals surface area contributed by atoms with Crippen molar-refractivity contribution in [3.05, 3.63) is 0 Å². The average Bonchev–Trinajstić information content (AvgIpc) is 2.16. The van der Waals surface area contributed by atoms with Crippen LogP contribution < -0.4 is 0 Å². The highest BCUT2D eigenvalue weighted by atomic mass is 16.5. The largest absolute Gasteiger partial charge is 0.395 e. The van der Waals surface area contributed by atoms with Gasteiger partial charge in [0.1, 0.15) is 6.23 Å². The van der Waals surface area contributed by atoms with Gasteiger partial charge in [-0.3, -0.25) is 4.90 Å². The van der Waals surface area contributed by atoms with Crippen molar-refractivity contribution < 1.29 is 9.84 Å². The molecule has 0 bridgehead atoms. The van der Waals surface area contributed by atoms with Gasteiger partial charge in [-0.15, -0.1) is 0 Å². The Balaban J connectivity index is 2.57. The summed E-state index contributed by atoms with van der Waals surface area (Å²) < 4.78 is 5.45. The monoisotopic (exact) mass is 159 g/mol. The second kappa shape index (κ2) is 3.09. The van der Waals surface area contributed by atoms with Crippen LogP contribution in [0, 0.1) is 0 Å². The number of hydrogen-bond acceptors (Lipinski definition) is 3. The maximum atomic E-state index is 8.78. The average molecular weight is 159 g/mol. The van der Waals surface area contributed by atoms with Gasteiger partial charge in [0.25, 0.3) is 0 Å². The summed E-state index contributed by atoms with van der Waals surface area (Å²) in [6, 6.07) is 0. The molecule has 0 radical (unpaired) electrons. The molecule has 1 fully saturated rings. The van der Waals surface area contributed by atoms with E-state index in [2.05, 4.69) is 18.7 Å². The van der Waals surface area contributed by atoms with Gasteiger partial charge in [0, 0.05) is 12.1 Å². The highest BCUT2D eigenvalue weighted by Crippen LogP contribution is 2.25. The molecule has 0 aromatic carbocycles. The van der Waals surface area contributed by atoms with E-state index in [1.54, 1.807) is 0 Å². The molecule has 3 nitrogen and oxygen atoms in total. The smallest absolute Gasteiger partial charge is 0.108 e. The third-order valence-corrected chi connectivity index (χ3v) is 2.24. The lowest BCUT2D eigenvalue weighted by Crippen LogP contribution is -2.44. The molecule has 3 heteroatoms. The molecule has 0 saturated carbocycles. The third kappa shape index (κ3) is 1.72. The molecule has 1 atom stereocenters. The first-order chi connectivity index (χ1) is 5.08. The van der Waals surface area contributed by atoms with E-state index >= 15 is 0 Å². The Morgan fingerprint density at radius 2 is 2.27 bits per heavy atom. The summed E-state index contributed by atoms with van der Waals surface area (Å²) in [6.45, 7) is 7.95. The third-order valence-electron chi connectivity index (χ3n) is 2.24. The number of aliphatic hydroxyl groups is 1. The Morgan fingerprint density at radius 1 is 1.64 bits per heavy atom. The first-order valence-electron chi connectivity index (χ1n) is 4.07. The normalized spacial score (nSPS) is 31.1. The molecule has 1 unspecified atom stereocenters. The fourth-order valence-electron chi connectivity index (χ4n) is 1.58. The summed E-state index contributed by atoms with van der Waals surface area (Å²) >= 11 is 0. The van der Waals surface area contributed by atoms with Gasteiger partial charge in [-0.1, -0.05) is 0 Å². The molecule has 0 spiro atoms. The van der Waals surface area contributed by atoms with E-state index in [9.17, 15) is 0 Å². The Labute approximate surface area is 68.0 Å². The molecule has 1 saturated heterocycles. The summed E-state index contributed by atoms with van der Waals surface area (Å²) in [4.78, 5) is 2.17. The molecule has 0 aliphatic carbocycles. The molecule has 1 aliphatic heterocycles. The van der Waals surface area contributed by atoms with Gasteiger partial charge in [0.05, 0.1) is 13.2 Å². The van der Waals surface area contributed by atoms with Gasteiger partial charge >= 0.3 is 0 Å². The molecule has 0 aromatic rings. The Bertz CT molecular complexity index is 136. The zero-order chi connectivity index (χ0) is 8.48. The molecule has 1 rings (SSSR count). The summed E-state index contributed by atoms with van der Waals surface area (Å²) in [5.41, 5.74) is 0.0855. The predicted molar refractivity (Wildman–Crippen MR) is 43.3 cm³/mol. The van der Waals surface area contributed by atoms with Gasteiger partial charge in [0.15, 0.2) is 0 Å². The van der Waals surface area contributed by atoms with Crippen LogP contribution in [-0.2, 0) is 4.74 Å². The fourth-order valence-corrected chi connectivity index (χ4v) is 1.58. The van der Waals surface area contributed by atoms with E-state index in [1.807, 2.05) is 6.92 Å². The molecule has 0 amide bonds. The number of β-amino-alcohol motifs (C(OH)–C–C–N with tert-alkyl or cyclic N) is 1. The Kier molecular flexibility index (Phi) is 2.52. The van der Waals surface area contributed by atoms with E-state index < -0.39 is 0 Å². The van der Waals surface area contributed by atoms with Crippen LogP contribution in [0.3, 0.4) is 0 Å². The van der Waals surface area contributed by atoms with Gasteiger partial charge in [0.2, 0.25) is 0 Å². The number of nitrogens with zero attached hydrogens (tertiary/aromatic N) is 1. The van der Waals surface area contributed by atoms with Crippen LogP contribution in [0.2, 0.25) is 0 Å². The van der Waals surface area contributed by atoms with Crippen molar-refractivity contribution >= 4 is 0 Å². The zero-order valence-electron chi connectivity index (χ0n) is 7.50. The minimum atomic E-state index is 0.0855. The molecule has 11 heavy (non-hydrogen) atoms. The predicted octanol–water partition coefficient (Wildman–Crippen LogP) is 0.435. The van der Waals surface area contributed by atoms with Crippen LogP contribution in [0.15, 0.2) is 0 Å². The molecule has 0 aromatic heterocycles. The minimum absolute atomic E-state index is 0.0855. The number of ether oxygens (including phenoxy) is 1. The van der Waals surface area contributed by atoms with Crippen molar-refractivity contribution in [3.63, 3.8) is 0 Å². The number of aliphatic hydroxyl groups excluding tert-OH is 1. The number of rotatable bonds is 2. The van der Waals surface area contributed by atoms with E-state index in [1.165, 1.54) is 0 Å². The van der Waals surface area contributed by atoms with Crippen LogP contribution in [0.5, 0.6) is 0 Å². The van der Waals surface area contributed by atoms with Crippen molar-refractivity contribution in [2.24, 2.45) is 0 Å². The quantitative estimate of drug-likeness (QED) is 0.634. The van der Waals surface area contributed by atoms with Crippen molar-refractivity contribution in [1.29, 1.82) is 0 Å². The van der Waals surface area contributed by atoms with Crippen molar-refractivity contribution in [1.82, 2.24) is 4.90 Å². The minimum Gasteiger partial charge on any atom is -0.395 e. The topological polar surface area (TPSA) is 32.7 Å². The molecule has 66 valence electrons. The van der Waals surface area contributed by atoms with Crippen LogP contribution in [0.4, 0.5) is 0 Å². The summed E-state index contributed by atoms with van der Waals surface area (Å²) in [5, 5.41) is 8.78. The van der Waals surface area contributed by atoms with E-state index in [-0.39, 0.29) is 18.4 Å². The second-order valence-corrected chi connectivity index (χ2v) is 3.64. The van der Waals surface area contributed by atoms with Gasteiger partial charge in [-0.25, -0.2) is 0 Å². The standard InChI is InChI=1S/C8H17NO2/c1-7-9(4-5-10)8(2,3)6-11-7/h7,10H,4-6H2,1-3H3. The van der Waals surface area contributed by atoms with E-state index in [0.717, 1.165) is 6.61 Å². The first kappa shape index (κ1) is 8.97. The van der Waals surface area contributed by atoms with Crippen LogP contribution >= 0.6 is 0 Å². The lowest BCUT2D eigenvalue weighted by Gasteiger charge is -2.30. The molecule has 1 N–H and O–H groups in total. The van der Waals surface area contributed by atoms with E-state index in [4.69, 9.17) is 9.84 Å². The van der Waals surface area contributed by atoms with Gasteiger partial charge in [-0.05, 0) is 20.8 Å². The first-order valence-corrected chi connectivity index (χ1v) is 4.07. The number of hydrogen-bond donors (Lipinski definition) is 1. The van der Waals surface area contributed by atoms with Crippen molar-refractivity contribution in [3.8, 4) is 0 Å². The fraction of sp³-hybridized carbons (Fsp3) is 1.00. The summed E-state index contributed by atoms with van der Waals surface area (Å²) in [6.07, 6.45) is 0.150. The molecule has 1 heterocycles. The van der Waals surface area contributed by atoms with Crippen LogP contribution in [0.1, 0.15) is 20.8 Å². The Morgan fingerprint density at radius 3 is 2.64 bits per heavy atom.